The molecule has 100 valence electrons. The van der Waals surface area contributed by atoms with Gasteiger partial charge in [0.25, 0.3) is 0 Å². The summed E-state index contributed by atoms with van der Waals surface area (Å²) in [5.74, 6) is 0.846. The van der Waals surface area contributed by atoms with Crippen molar-refractivity contribution in [2.75, 3.05) is 0 Å². The Labute approximate surface area is 116 Å². The first-order chi connectivity index (χ1) is 8.75. The molecule has 18 heavy (non-hydrogen) atoms. The first-order valence-corrected chi connectivity index (χ1v) is 7.74. The lowest BCUT2D eigenvalue weighted by molar-refractivity contribution is 0.418. The van der Waals surface area contributed by atoms with Gasteiger partial charge in [-0.2, -0.15) is 0 Å². The van der Waals surface area contributed by atoms with E-state index in [4.69, 9.17) is 11.6 Å². The normalized spacial score (nSPS) is 19.4. The summed E-state index contributed by atoms with van der Waals surface area (Å²) in [5, 5.41) is 0.252. The third-order valence-electron chi connectivity index (χ3n) is 4.10. The SMILES string of the molecule is Cc1cccnc1CC(Cl)CC1CCCCCC1. The Morgan fingerprint density at radius 1 is 1.28 bits per heavy atom. The molecule has 0 radical (unpaired) electrons. The summed E-state index contributed by atoms with van der Waals surface area (Å²) in [4.78, 5) is 4.45. The largest absolute Gasteiger partial charge is 0.261 e. The van der Waals surface area contributed by atoms with Crippen LogP contribution in [0.3, 0.4) is 0 Å². The zero-order valence-electron chi connectivity index (χ0n) is 11.4. The summed E-state index contributed by atoms with van der Waals surface area (Å²) in [6, 6.07) is 4.12. The van der Waals surface area contributed by atoms with Crippen LogP contribution in [0.25, 0.3) is 0 Å². The van der Waals surface area contributed by atoms with Gasteiger partial charge in [-0.1, -0.05) is 44.6 Å². The van der Waals surface area contributed by atoms with E-state index < -0.39 is 0 Å². The molecule has 0 spiro atoms. The molecule has 1 heterocycles. The molecule has 1 fully saturated rings. The average Bonchev–Trinajstić information content (AvgIpc) is 2.61. The summed E-state index contributed by atoms with van der Waals surface area (Å²) < 4.78 is 0. The molecular formula is C16H24ClN. The van der Waals surface area contributed by atoms with Crippen LogP contribution in [-0.4, -0.2) is 10.4 Å². The molecule has 1 aromatic rings. The summed E-state index contributed by atoms with van der Waals surface area (Å²) in [5.41, 5.74) is 2.44. The van der Waals surface area contributed by atoms with E-state index in [0.29, 0.717) is 0 Å². The smallest absolute Gasteiger partial charge is 0.0447 e. The topological polar surface area (TPSA) is 12.9 Å². The van der Waals surface area contributed by atoms with Gasteiger partial charge in [-0.15, -0.1) is 11.6 Å². The summed E-state index contributed by atoms with van der Waals surface area (Å²) in [6.07, 6.45) is 12.4. The maximum atomic E-state index is 6.53. The van der Waals surface area contributed by atoms with Crippen molar-refractivity contribution in [3.63, 3.8) is 0 Å². The first kappa shape index (κ1) is 13.9. The maximum absolute atomic E-state index is 6.53. The number of halogens is 1. The van der Waals surface area contributed by atoms with E-state index in [1.165, 1.54) is 49.8 Å². The Morgan fingerprint density at radius 2 is 2.00 bits per heavy atom. The van der Waals surface area contributed by atoms with Crippen molar-refractivity contribution < 1.29 is 0 Å². The molecule has 2 heteroatoms. The first-order valence-electron chi connectivity index (χ1n) is 7.30. The van der Waals surface area contributed by atoms with Gasteiger partial charge in [0.05, 0.1) is 0 Å². The number of aryl methyl sites for hydroxylation is 1. The van der Waals surface area contributed by atoms with Crippen molar-refractivity contribution in [3.05, 3.63) is 29.6 Å². The molecule has 1 aliphatic rings. The van der Waals surface area contributed by atoms with Crippen LogP contribution in [0.4, 0.5) is 0 Å². The lowest BCUT2D eigenvalue weighted by atomic mass is 9.93. The van der Waals surface area contributed by atoms with Crippen molar-refractivity contribution in [1.82, 2.24) is 4.98 Å². The van der Waals surface area contributed by atoms with Gasteiger partial charge in [0.15, 0.2) is 0 Å². The van der Waals surface area contributed by atoms with E-state index in [9.17, 15) is 0 Å². The van der Waals surface area contributed by atoms with Crippen molar-refractivity contribution in [2.24, 2.45) is 5.92 Å². The monoisotopic (exact) mass is 265 g/mol. The molecular weight excluding hydrogens is 242 g/mol. The van der Waals surface area contributed by atoms with Crippen LogP contribution in [0.1, 0.15) is 56.2 Å². The molecule has 2 rings (SSSR count). The van der Waals surface area contributed by atoms with E-state index in [1.54, 1.807) is 0 Å². The van der Waals surface area contributed by atoms with Crippen LogP contribution in [-0.2, 0) is 6.42 Å². The molecule has 1 atom stereocenters. The molecule has 0 aromatic carbocycles. The second-order valence-electron chi connectivity index (χ2n) is 5.66. The van der Waals surface area contributed by atoms with E-state index in [1.807, 2.05) is 12.3 Å². The molecule has 0 amide bonds. The molecule has 1 saturated carbocycles. The highest BCUT2D eigenvalue weighted by atomic mass is 35.5. The summed E-state index contributed by atoms with van der Waals surface area (Å²) in [6.45, 7) is 2.12. The second kappa shape index (κ2) is 7.13. The highest BCUT2D eigenvalue weighted by Crippen LogP contribution is 2.28. The quantitative estimate of drug-likeness (QED) is 0.557. The van der Waals surface area contributed by atoms with Crippen molar-refractivity contribution in [2.45, 2.75) is 63.7 Å². The number of aromatic nitrogens is 1. The zero-order chi connectivity index (χ0) is 12.8. The zero-order valence-corrected chi connectivity index (χ0v) is 12.1. The average molecular weight is 266 g/mol. The van der Waals surface area contributed by atoms with Crippen molar-refractivity contribution in [1.29, 1.82) is 0 Å². The lowest BCUT2D eigenvalue weighted by Gasteiger charge is -2.18. The van der Waals surface area contributed by atoms with Crippen LogP contribution in [0.5, 0.6) is 0 Å². The highest BCUT2D eigenvalue weighted by molar-refractivity contribution is 6.20. The molecule has 0 aliphatic heterocycles. The number of rotatable bonds is 4. The number of hydrogen-bond donors (Lipinski definition) is 0. The third kappa shape index (κ3) is 4.28. The number of nitrogens with zero attached hydrogens (tertiary/aromatic N) is 1. The Bertz CT molecular complexity index is 356. The predicted molar refractivity (Wildman–Crippen MR) is 78.1 cm³/mol. The lowest BCUT2D eigenvalue weighted by Crippen LogP contribution is -2.12. The standard InChI is InChI=1S/C16H24ClN/c1-13-7-6-10-18-16(13)12-15(17)11-14-8-4-2-3-5-9-14/h6-7,10,14-15H,2-5,8-9,11-12H2,1H3. The van der Waals surface area contributed by atoms with Gasteiger partial charge >= 0.3 is 0 Å². The van der Waals surface area contributed by atoms with Crippen molar-refractivity contribution in [3.8, 4) is 0 Å². The molecule has 0 N–H and O–H groups in total. The van der Waals surface area contributed by atoms with Gasteiger partial charge in [0.2, 0.25) is 0 Å². The Kier molecular flexibility index (Phi) is 5.49. The molecule has 1 nitrogen and oxygen atoms in total. The molecule has 1 aliphatic carbocycles. The van der Waals surface area contributed by atoms with Gasteiger partial charge in [0, 0.05) is 23.7 Å². The maximum Gasteiger partial charge on any atom is 0.0447 e. The number of hydrogen-bond acceptors (Lipinski definition) is 1. The molecule has 1 unspecified atom stereocenters. The van der Waals surface area contributed by atoms with Gasteiger partial charge in [-0.05, 0) is 30.9 Å². The predicted octanol–water partition coefficient (Wildman–Crippen LogP) is 4.90. The number of pyridine rings is 1. The summed E-state index contributed by atoms with van der Waals surface area (Å²) >= 11 is 6.53. The van der Waals surface area contributed by atoms with Crippen molar-refractivity contribution >= 4 is 11.6 Å². The second-order valence-corrected chi connectivity index (χ2v) is 6.28. The van der Waals surface area contributed by atoms with Gasteiger partial charge < -0.3 is 0 Å². The van der Waals surface area contributed by atoms with Crippen LogP contribution < -0.4 is 0 Å². The minimum atomic E-state index is 0.252. The van der Waals surface area contributed by atoms with E-state index >= 15 is 0 Å². The molecule has 0 bridgehead atoms. The van der Waals surface area contributed by atoms with Crippen LogP contribution >= 0.6 is 11.6 Å². The minimum absolute atomic E-state index is 0.252. The van der Waals surface area contributed by atoms with Gasteiger partial charge in [0.1, 0.15) is 0 Å². The van der Waals surface area contributed by atoms with Gasteiger partial charge in [-0.25, -0.2) is 0 Å². The molecule has 0 saturated heterocycles. The highest BCUT2D eigenvalue weighted by Gasteiger charge is 2.17. The number of alkyl halides is 1. The fourth-order valence-corrected chi connectivity index (χ4v) is 3.38. The fourth-order valence-electron chi connectivity index (χ4n) is 2.99. The van der Waals surface area contributed by atoms with Crippen LogP contribution in [0.15, 0.2) is 18.3 Å². The molecule has 1 aromatic heterocycles. The Balaban J connectivity index is 1.84. The fraction of sp³-hybridized carbons (Fsp3) is 0.688. The third-order valence-corrected chi connectivity index (χ3v) is 4.43. The minimum Gasteiger partial charge on any atom is -0.261 e. The Hall–Kier alpha value is -0.560. The van der Waals surface area contributed by atoms with E-state index in [0.717, 1.165) is 18.8 Å². The van der Waals surface area contributed by atoms with E-state index in [2.05, 4.69) is 18.0 Å². The summed E-state index contributed by atoms with van der Waals surface area (Å²) in [7, 11) is 0. The van der Waals surface area contributed by atoms with E-state index in [-0.39, 0.29) is 5.38 Å². The Morgan fingerprint density at radius 3 is 2.67 bits per heavy atom. The van der Waals surface area contributed by atoms with Crippen LogP contribution in [0, 0.1) is 12.8 Å². The van der Waals surface area contributed by atoms with Gasteiger partial charge in [-0.3, -0.25) is 4.98 Å². The van der Waals surface area contributed by atoms with Crippen LogP contribution in [0.2, 0.25) is 0 Å².